The second kappa shape index (κ2) is 6.41. The Labute approximate surface area is 92.5 Å². The minimum atomic E-state index is 0.254. The Balaban J connectivity index is 2.86. The van der Waals surface area contributed by atoms with E-state index in [4.69, 9.17) is 0 Å². The van der Waals surface area contributed by atoms with Gasteiger partial charge in [-0.25, -0.2) is 0 Å². The van der Waals surface area contributed by atoms with Gasteiger partial charge in [0.15, 0.2) is 0 Å². The molecule has 15 heavy (non-hydrogen) atoms. The molecule has 0 radical (unpaired) electrons. The summed E-state index contributed by atoms with van der Waals surface area (Å²) in [5.41, 5.74) is 1.30. The standard InChI is InChI=1S/C14H20O/c1-3-8-14(12(4-2)11-15)13-9-6-5-7-10-13/h3,5-7,9-10,12,14-15H,1,4,8,11H2,2H3/t12-,14-/m1/s1. The zero-order valence-corrected chi connectivity index (χ0v) is 9.39. The Morgan fingerprint density at radius 2 is 2.00 bits per heavy atom. The highest BCUT2D eigenvalue weighted by Crippen LogP contribution is 2.30. The third kappa shape index (κ3) is 3.21. The lowest BCUT2D eigenvalue weighted by Crippen LogP contribution is -2.15. The van der Waals surface area contributed by atoms with Crippen molar-refractivity contribution in [2.75, 3.05) is 6.61 Å². The molecule has 1 aromatic carbocycles. The number of allylic oxidation sites excluding steroid dienone is 1. The van der Waals surface area contributed by atoms with Gasteiger partial charge in [-0.1, -0.05) is 49.8 Å². The van der Waals surface area contributed by atoms with Crippen molar-refractivity contribution in [3.63, 3.8) is 0 Å². The van der Waals surface area contributed by atoms with Crippen molar-refractivity contribution in [1.82, 2.24) is 0 Å². The Kier molecular flexibility index (Phi) is 5.13. The monoisotopic (exact) mass is 204 g/mol. The summed E-state index contributed by atoms with van der Waals surface area (Å²) >= 11 is 0. The van der Waals surface area contributed by atoms with Crippen LogP contribution in [0.15, 0.2) is 43.0 Å². The summed E-state index contributed by atoms with van der Waals surface area (Å²) in [4.78, 5) is 0. The molecule has 0 saturated carbocycles. The molecule has 82 valence electrons. The van der Waals surface area contributed by atoms with Crippen LogP contribution >= 0.6 is 0 Å². The third-order valence-corrected chi connectivity index (χ3v) is 2.98. The summed E-state index contributed by atoms with van der Waals surface area (Å²) < 4.78 is 0. The summed E-state index contributed by atoms with van der Waals surface area (Å²) in [5, 5.41) is 9.35. The largest absolute Gasteiger partial charge is 0.396 e. The van der Waals surface area contributed by atoms with E-state index in [0.717, 1.165) is 12.8 Å². The highest BCUT2D eigenvalue weighted by Gasteiger charge is 2.19. The fourth-order valence-corrected chi connectivity index (χ4v) is 2.02. The van der Waals surface area contributed by atoms with Crippen LogP contribution in [0.5, 0.6) is 0 Å². The van der Waals surface area contributed by atoms with Gasteiger partial charge in [0.05, 0.1) is 0 Å². The number of hydrogen-bond acceptors (Lipinski definition) is 1. The second-order valence-corrected chi connectivity index (χ2v) is 3.89. The summed E-state index contributed by atoms with van der Waals surface area (Å²) in [6.45, 7) is 6.17. The van der Waals surface area contributed by atoms with E-state index in [1.54, 1.807) is 0 Å². The van der Waals surface area contributed by atoms with Crippen LogP contribution in [0.4, 0.5) is 0 Å². The highest BCUT2D eigenvalue weighted by molar-refractivity contribution is 5.21. The number of rotatable bonds is 6. The van der Waals surface area contributed by atoms with E-state index in [1.165, 1.54) is 5.56 Å². The molecule has 1 nitrogen and oxygen atoms in total. The van der Waals surface area contributed by atoms with Crippen LogP contribution in [-0.4, -0.2) is 11.7 Å². The van der Waals surface area contributed by atoms with Crippen LogP contribution in [-0.2, 0) is 0 Å². The molecule has 0 aliphatic rings. The molecule has 0 aliphatic heterocycles. The lowest BCUT2D eigenvalue weighted by atomic mass is 9.82. The number of aliphatic hydroxyl groups excluding tert-OH is 1. The van der Waals surface area contributed by atoms with E-state index in [2.05, 4.69) is 37.8 Å². The molecule has 0 bridgehead atoms. The molecular formula is C14H20O. The van der Waals surface area contributed by atoms with Crippen LogP contribution in [0.25, 0.3) is 0 Å². The Hall–Kier alpha value is -1.08. The molecule has 1 aromatic rings. The average molecular weight is 204 g/mol. The van der Waals surface area contributed by atoms with Gasteiger partial charge in [-0.2, -0.15) is 0 Å². The summed E-state index contributed by atoms with van der Waals surface area (Å²) in [6, 6.07) is 10.4. The summed E-state index contributed by atoms with van der Waals surface area (Å²) in [5.74, 6) is 0.740. The first kappa shape index (κ1) is 12.0. The molecule has 0 fully saturated rings. The van der Waals surface area contributed by atoms with Gasteiger partial charge in [-0.05, 0) is 23.8 Å². The van der Waals surface area contributed by atoms with Gasteiger partial charge < -0.3 is 5.11 Å². The van der Waals surface area contributed by atoms with Crippen LogP contribution in [0.3, 0.4) is 0 Å². The first-order chi connectivity index (χ1) is 7.33. The maximum atomic E-state index is 9.35. The van der Waals surface area contributed by atoms with Crippen molar-refractivity contribution < 1.29 is 5.11 Å². The average Bonchev–Trinajstić information content (AvgIpc) is 2.30. The molecule has 0 amide bonds. The molecule has 0 heterocycles. The Morgan fingerprint density at radius 1 is 1.33 bits per heavy atom. The fraction of sp³-hybridized carbons (Fsp3) is 0.429. The minimum absolute atomic E-state index is 0.254. The van der Waals surface area contributed by atoms with E-state index < -0.39 is 0 Å². The van der Waals surface area contributed by atoms with Crippen molar-refractivity contribution in [3.8, 4) is 0 Å². The molecule has 1 heteroatoms. The van der Waals surface area contributed by atoms with Gasteiger partial charge in [0.25, 0.3) is 0 Å². The molecule has 0 aliphatic carbocycles. The quantitative estimate of drug-likeness (QED) is 0.704. The van der Waals surface area contributed by atoms with Gasteiger partial charge in [-0.3, -0.25) is 0 Å². The Morgan fingerprint density at radius 3 is 2.47 bits per heavy atom. The van der Waals surface area contributed by atoms with Crippen molar-refractivity contribution in [2.45, 2.75) is 25.7 Å². The van der Waals surface area contributed by atoms with Crippen LogP contribution < -0.4 is 0 Å². The van der Waals surface area contributed by atoms with Gasteiger partial charge in [-0.15, -0.1) is 6.58 Å². The minimum Gasteiger partial charge on any atom is -0.396 e. The van der Waals surface area contributed by atoms with E-state index in [9.17, 15) is 5.11 Å². The third-order valence-electron chi connectivity index (χ3n) is 2.98. The second-order valence-electron chi connectivity index (χ2n) is 3.89. The van der Waals surface area contributed by atoms with E-state index in [-0.39, 0.29) is 6.61 Å². The summed E-state index contributed by atoms with van der Waals surface area (Å²) in [6.07, 6.45) is 3.88. The molecule has 1 rings (SSSR count). The van der Waals surface area contributed by atoms with Gasteiger partial charge in [0.2, 0.25) is 0 Å². The first-order valence-corrected chi connectivity index (χ1v) is 5.60. The van der Waals surface area contributed by atoms with Crippen molar-refractivity contribution in [2.24, 2.45) is 5.92 Å². The van der Waals surface area contributed by atoms with Crippen molar-refractivity contribution in [3.05, 3.63) is 48.6 Å². The zero-order valence-electron chi connectivity index (χ0n) is 9.39. The van der Waals surface area contributed by atoms with Crippen molar-refractivity contribution in [1.29, 1.82) is 0 Å². The topological polar surface area (TPSA) is 20.2 Å². The predicted octanol–water partition coefficient (Wildman–Crippen LogP) is 3.36. The SMILES string of the molecule is C=CC[C@@H](c1ccccc1)[C@H](CC)CO. The van der Waals surface area contributed by atoms with E-state index >= 15 is 0 Å². The number of hydrogen-bond donors (Lipinski definition) is 1. The number of aliphatic hydroxyl groups is 1. The van der Waals surface area contributed by atoms with Crippen LogP contribution in [0.2, 0.25) is 0 Å². The summed E-state index contributed by atoms with van der Waals surface area (Å²) in [7, 11) is 0. The van der Waals surface area contributed by atoms with Gasteiger partial charge in [0, 0.05) is 6.61 Å². The molecule has 0 unspecified atom stereocenters. The van der Waals surface area contributed by atoms with Crippen LogP contribution in [0.1, 0.15) is 31.2 Å². The van der Waals surface area contributed by atoms with Gasteiger partial charge >= 0.3 is 0 Å². The fourth-order valence-electron chi connectivity index (χ4n) is 2.02. The lowest BCUT2D eigenvalue weighted by Gasteiger charge is -2.23. The molecule has 0 aromatic heterocycles. The maximum Gasteiger partial charge on any atom is 0.0465 e. The molecule has 1 N–H and O–H groups in total. The Bertz CT molecular complexity index is 275. The van der Waals surface area contributed by atoms with E-state index in [1.807, 2.05) is 12.1 Å². The normalized spacial score (nSPS) is 14.5. The molecular weight excluding hydrogens is 184 g/mol. The molecule has 0 saturated heterocycles. The van der Waals surface area contributed by atoms with E-state index in [0.29, 0.717) is 11.8 Å². The van der Waals surface area contributed by atoms with Gasteiger partial charge in [0.1, 0.15) is 0 Å². The highest BCUT2D eigenvalue weighted by atomic mass is 16.3. The predicted molar refractivity (Wildman–Crippen MR) is 64.9 cm³/mol. The van der Waals surface area contributed by atoms with Crippen LogP contribution in [0, 0.1) is 5.92 Å². The maximum absolute atomic E-state index is 9.35. The number of benzene rings is 1. The van der Waals surface area contributed by atoms with Crippen molar-refractivity contribution >= 4 is 0 Å². The smallest absolute Gasteiger partial charge is 0.0465 e. The molecule has 0 spiro atoms. The molecule has 2 atom stereocenters. The lowest BCUT2D eigenvalue weighted by molar-refractivity contribution is 0.199. The first-order valence-electron chi connectivity index (χ1n) is 5.60. The zero-order chi connectivity index (χ0) is 11.1.